The van der Waals surface area contributed by atoms with E-state index in [2.05, 4.69) is 4.98 Å². The van der Waals surface area contributed by atoms with Crippen LogP contribution in [-0.2, 0) is 4.79 Å². The lowest BCUT2D eigenvalue weighted by molar-refractivity contribution is -0.138. The molecule has 1 N–H and O–H groups in total. The van der Waals surface area contributed by atoms with Crippen LogP contribution in [0.3, 0.4) is 0 Å². The van der Waals surface area contributed by atoms with Gasteiger partial charge in [0, 0.05) is 12.3 Å². The summed E-state index contributed by atoms with van der Waals surface area (Å²) in [5.74, 6) is -0.418. The van der Waals surface area contributed by atoms with E-state index in [0.717, 1.165) is 0 Å². The summed E-state index contributed by atoms with van der Waals surface area (Å²) in [6.07, 6.45) is 2.53. The average molecular weight is 216 g/mol. The fourth-order valence-corrected chi connectivity index (χ4v) is 1.14. The van der Waals surface area contributed by atoms with Gasteiger partial charge in [0.05, 0.1) is 17.6 Å². The van der Waals surface area contributed by atoms with Crippen LogP contribution in [0, 0.1) is 0 Å². The molecule has 1 aromatic heterocycles. The molecule has 1 rings (SSSR count). The Bertz CT molecular complexity index is 330. The van der Waals surface area contributed by atoms with Crippen molar-refractivity contribution in [1.82, 2.24) is 4.98 Å². The van der Waals surface area contributed by atoms with Crippen LogP contribution in [0.5, 0.6) is 5.75 Å². The van der Waals surface area contributed by atoms with Gasteiger partial charge in [0.25, 0.3) is 0 Å². The van der Waals surface area contributed by atoms with Crippen LogP contribution in [0.15, 0.2) is 18.5 Å². The molecule has 1 aromatic rings. The Morgan fingerprint density at radius 3 is 3.00 bits per heavy atom. The Kier molecular flexibility index (Phi) is 3.71. The maximum atomic E-state index is 10.3. The van der Waals surface area contributed by atoms with Crippen LogP contribution in [-0.4, -0.2) is 22.2 Å². The number of carbonyl (C=O) groups is 1. The number of carboxylic acid groups (broad SMARTS) is 1. The van der Waals surface area contributed by atoms with Crippen molar-refractivity contribution < 1.29 is 14.6 Å². The van der Waals surface area contributed by atoms with Gasteiger partial charge in [-0.2, -0.15) is 0 Å². The molecule has 0 saturated heterocycles. The number of rotatable bonds is 4. The highest BCUT2D eigenvalue weighted by atomic mass is 35.5. The molecular formula is C9H10ClNO3. The fraction of sp³-hybridized carbons (Fsp3) is 0.333. The monoisotopic (exact) mass is 215 g/mol. The van der Waals surface area contributed by atoms with Crippen LogP contribution in [0.1, 0.15) is 13.3 Å². The van der Waals surface area contributed by atoms with Gasteiger partial charge in [-0.05, 0) is 6.92 Å². The van der Waals surface area contributed by atoms with Gasteiger partial charge in [0.2, 0.25) is 0 Å². The van der Waals surface area contributed by atoms with Crippen molar-refractivity contribution >= 4 is 17.6 Å². The quantitative estimate of drug-likeness (QED) is 0.834. The molecule has 0 aliphatic carbocycles. The minimum atomic E-state index is -0.896. The van der Waals surface area contributed by atoms with E-state index in [1.807, 2.05) is 0 Å². The topological polar surface area (TPSA) is 59.4 Å². The van der Waals surface area contributed by atoms with Gasteiger partial charge in [-0.25, -0.2) is 0 Å². The van der Waals surface area contributed by atoms with Gasteiger partial charge in [0.1, 0.15) is 11.9 Å². The Morgan fingerprint density at radius 2 is 2.43 bits per heavy atom. The molecule has 14 heavy (non-hydrogen) atoms. The summed E-state index contributed by atoms with van der Waals surface area (Å²) in [6.45, 7) is 1.68. The minimum Gasteiger partial charge on any atom is -0.488 e. The van der Waals surface area contributed by atoms with Crippen LogP contribution < -0.4 is 4.74 Å². The Balaban J connectivity index is 2.55. The molecule has 0 saturated carbocycles. The largest absolute Gasteiger partial charge is 0.488 e. The van der Waals surface area contributed by atoms with Crippen molar-refractivity contribution in [2.45, 2.75) is 19.4 Å². The molecule has 4 nitrogen and oxygen atoms in total. The number of ether oxygens (including phenoxy) is 1. The van der Waals surface area contributed by atoms with Gasteiger partial charge >= 0.3 is 5.97 Å². The molecule has 0 fully saturated rings. The third-order valence-electron chi connectivity index (χ3n) is 1.48. The third kappa shape index (κ3) is 3.62. The van der Waals surface area contributed by atoms with E-state index in [0.29, 0.717) is 10.8 Å². The Morgan fingerprint density at radius 1 is 1.71 bits per heavy atom. The maximum absolute atomic E-state index is 10.3. The zero-order valence-electron chi connectivity index (χ0n) is 7.61. The highest BCUT2D eigenvalue weighted by Crippen LogP contribution is 2.17. The molecule has 1 atom stereocenters. The van der Waals surface area contributed by atoms with E-state index in [-0.39, 0.29) is 6.42 Å². The number of aliphatic carboxylic acids is 1. The van der Waals surface area contributed by atoms with Crippen molar-refractivity contribution in [1.29, 1.82) is 0 Å². The second kappa shape index (κ2) is 4.81. The van der Waals surface area contributed by atoms with Gasteiger partial charge in [-0.1, -0.05) is 11.6 Å². The number of aromatic nitrogens is 1. The van der Waals surface area contributed by atoms with E-state index in [4.69, 9.17) is 21.4 Å². The first-order valence-electron chi connectivity index (χ1n) is 4.07. The smallest absolute Gasteiger partial charge is 0.307 e. The third-order valence-corrected chi connectivity index (χ3v) is 1.69. The molecule has 0 aliphatic heterocycles. The van der Waals surface area contributed by atoms with E-state index in [1.165, 1.54) is 12.4 Å². The minimum absolute atomic E-state index is 0.0491. The standard InChI is InChI=1S/C9H10ClNO3/c1-6(2-9(12)13)14-8-3-7(10)4-11-5-8/h3-6H,2H2,1H3,(H,12,13). The lowest BCUT2D eigenvalue weighted by Gasteiger charge is -2.11. The molecular weight excluding hydrogens is 206 g/mol. The first-order valence-corrected chi connectivity index (χ1v) is 4.44. The highest BCUT2D eigenvalue weighted by molar-refractivity contribution is 6.30. The number of halogens is 1. The van der Waals surface area contributed by atoms with E-state index < -0.39 is 12.1 Å². The van der Waals surface area contributed by atoms with Crippen molar-refractivity contribution in [2.75, 3.05) is 0 Å². The first kappa shape index (κ1) is 10.8. The molecule has 1 unspecified atom stereocenters. The molecule has 0 aromatic carbocycles. The van der Waals surface area contributed by atoms with Crippen LogP contribution in [0.4, 0.5) is 0 Å². The maximum Gasteiger partial charge on any atom is 0.307 e. The number of hydrogen-bond acceptors (Lipinski definition) is 3. The molecule has 0 spiro atoms. The van der Waals surface area contributed by atoms with Crippen LogP contribution in [0.25, 0.3) is 0 Å². The van der Waals surface area contributed by atoms with Crippen LogP contribution in [0.2, 0.25) is 5.02 Å². The first-order chi connectivity index (χ1) is 6.58. The Hall–Kier alpha value is -1.29. The van der Waals surface area contributed by atoms with E-state index in [1.54, 1.807) is 13.0 Å². The summed E-state index contributed by atoms with van der Waals surface area (Å²) in [4.78, 5) is 14.2. The summed E-state index contributed by atoms with van der Waals surface area (Å²) in [6, 6.07) is 1.59. The highest BCUT2D eigenvalue weighted by Gasteiger charge is 2.09. The summed E-state index contributed by atoms with van der Waals surface area (Å²) < 4.78 is 5.28. The molecule has 76 valence electrons. The molecule has 0 amide bonds. The number of pyridine rings is 1. The molecule has 5 heteroatoms. The fourth-order valence-electron chi connectivity index (χ4n) is 0.977. The van der Waals surface area contributed by atoms with Crippen LogP contribution >= 0.6 is 11.6 Å². The van der Waals surface area contributed by atoms with Gasteiger partial charge in [-0.3, -0.25) is 9.78 Å². The Labute approximate surface area is 86.5 Å². The molecule has 0 radical (unpaired) electrons. The SMILES string of the molecule is CC(CC(=O)O)Oc1cncc(Cl)c1. The number of carboxylic acids is 1. The second-order valence-electron chi connectivity index (χ2n) is 2.87. The lowest BCUT2D eigenvalue weighted by Crippen LogP contribution is -2.16. The molecule has 1 heterocycles. The predicted octanol–water partition coefficient (Wildman–Crippen LogP) is 1.98. The summed E-state index contributed by atoms with van der Waals surface area (Å²) >= 11 is 5.68. The van der Waals surface area contributed by atoms with Crippen molar-refractivity contribution in [2.24, 2.45) is 0 Å². The second-order valence-corrected chi connectivity index (χ2v) is 3.30. The summed E-state index contributed by atoms with van der Waals surface area (Å²) in [5, 5.41) is 8.96. The van der Waals surface area contributed by atoms with Gasteiger partial charge in [-0.15, -0.1) is 0 Å². The van der Waals surface area contributed by atoms with E-state index in [9.17, 15) is 4.79 Å². The zero-order valence-corrected chi connectivity index (χ0v) is 8.36. The van der Waals surface area contributed by atoms with E-state index >= 15 is 0 Å². The van der Waals surface area contributed by atoms with Crippen molar-refractivity contribution in [3.8, 4) is 5.75 Å². The van der Waals surface area contributed by atoms with Crippen molar-refractivity contribution in [3.05, 3.63) is 23.5 Å². The summed E-state index contributed by atoms with van der Waals surface area (Å²) in [5.41, 5.74) is 0. The summed E-state index contributed by atoms with van der Waals surface area (Å²) in [7, 11) is 0. The van der Waals surface area contributed by atoms with Crippen molar-refractivity contribution in [3.63, 3.8) is 0 Å². The van der Waals surface area contributed by atoms with Gasteiger partial charge in [0.15, 0.2) is 0 Å². The normalized spacial score (nSPS) is 12.1. The van der Waals surface area contributed by atoms with Gasteiger partial charge < -0.3 is 9.84 Å². The number of nitrogens with zero attached hydrogens (tertiary/aromatic N) is 1. The number of hydrogen-bond donors (Lipinski definition) is 1. The molecule has 0 aliphatic rings. The lowest BCUT2D eigenvalue weighted by atomic mass is 10.3. The predicted molar refractivity (Wildman–Crippen MR) is 51.6 cm³/mol. The average Bonchev–Trinajstić information content (AvgIpc) is 2.01. The molecule has 0 bridgehead atoms. The zero-order chi connectivity index (χ0) is 10.6.